The molecule has 0 saturated heterocycles. The second-order valence-corrected chi connectivity index (χ2v) is 6.09. The monoisotopic (exact) mass is 326 g/mol. The van der Waals surface area contributed by atoms with Gasteiger partial charge < -0.3 is 15.6 Å². The number of ether oxygens (including phenoxy) is 1. The highest BCUT2D eigenvalue weighted by Crippen LogP contribution is 2.29. The van der Waals surface area contributed by atoms with E-state index in [0.717, 1.165) is 29.5 Å². The summed E-state index contributed by atoms with van der Waals surface area (Å²) in [5.41, 5.74) is 9.70. The number of rotatable bonds is 3. The fraction of sp³-hybridized carbons (Fsp3) is 0.316. The van der Waals surface area contributed by atoms with E-state index in [9.17, 15) is 9.90 Å². The molecule has 1 aliphatic rings. The Morgan fingerprint density at radius 2 is 2.04 bits per heavy atom. The van der Waals surface area contributed by atoms with Gasteiger partial charge in [0.25, 0.3) is 0 Å². The Bertz CT molecular complexity index is 703. The lowest BCUT2D eigenvalue weighted by Crippen LogP contribution is -2.25. The molecule has 0 spiro atoms. The fourth-order valence-corrected chi connectivity index (χ4v) is 2.98. The SMILES string of the molecule is N[C@@H]1c2cc(NC(=O)OCc3ccccc3)ccc2CCC[C@H]1O. The Hall–Kier alpha value is -2.37. The van der Waals surface area contributed by atoms with Gasteiger partial charge in [0.15, 0.2) is 0 Å². The van der Waals surface area contributed by atoms with Gasteiger partial charge in [-0.25, -0.2) is 4.79 Å². The number of hydrogen-bond donors (Lipinski definition) is 3. The number of amides is 1. The quantitative estimate of drug-likeness (QED) is 0.757. The lowest BCUT2D eigenvalue weighted by Gasteiger charge is -2.19. The van der Waals surface area contributed by atoms with E-state index in [2.05, 4.69) is 5.32 Å². The van der Waals surface area contributed by atoms with E-state index >= 15 is 0 Å². The molecule has 2 aromatic carbocycles. The van der Waals surface area contributed by atoms with E-state index in [-0.39, 0.29) is 6.61 Å². The number of aliphatic hydroxyl groups is 1. The molecule has 0 aromatic heterocycles. The first-order valence-electron chi connectivity index (χ1n) is 8.17. The first kappa shape index (κ1) is 16.5. The minimum atomic E-state index is -0.550. The van der Waals surface area contributed by atoms with E-state index in [0.29, 0.717) is 12.1 Å². The number of carbonyl (C=O) groups is 1. The van der Waals surface area contributed by atoms with Gasteiger partial charge in [0.05, 0.1) is 12.1 Å². The van der Waals surface area contributed by atoms with Crippen LogP contribution >= 0.6 is 0 Å². The molecule has 5 heteroatoms. The van der Waals surface area contributed by atoms with E-state index in [1.54, 1.807) is 0 Å². The van der Waals surface area contributed by atoms with Crippen LogP contribution in [0.2, 0.25) is 0 Å². The highest BCUT2D eigenvalue weighted by molar-refractivity contribution is 5.84. The van der Waals surface area contributed by atoms with E-state index < -0.39 is 18.2 Å². The van der Waals surface area contributed by atoms with E-state index in [4.69, 9.17) is 10.5 Å². The maximum Gasteiger partial charge on any atom is 0.411 e. The third kappa shape index (κ3) is 3.93. The molecule has 4 N–H and O–H groups in total. The van der Waals surface area contributed by atoms with E-state index in [1.807, 2.05) is 48.5 Å². The van der Waals surface area contributed by atoms with Crippen LogP contribution in [0.5, 0.6) is 0 Å². The Morgan fingerprint density at radius 3 is 2.83 bits per heavy atom. The summed E-state index contributed by atoms with van der Waals surface area (Å²) in [5, 5.41) is 12.8. The fourth-order valence-electron chi connectivity index (χ4n) is 2.98. The van der Waals surface area contributed by atoms with Crippen LogP contribution in [0.25, 0.3) is 0 Å². The highest BCUT2D eigenvalue weighted by atomic mass is 16.5. The standard InChI is InChI=1S/C19H22N2O3/c20-18-16-11-15(10-9-14(16)7-4-8-17(18)22)21-19(23)24-12-13-5-2-1-3-6-13/h1-3,5-6,9-11,17-18,22H,4,7-8,12,20H2,(H,21,23)/t17-,18-/m1/s1. The molecular weight excluding hydrogens is 304 g/mol. The van der Waals surface area contributed by atoms with Crippen LogP contribution in [0.4, 0.5) is 10.5 Å². The molecule has 0 aliphatic heterocycles. The van der Waals surface area contributed by atoms with Crippen molar-refractivity contribution in [3.05, 3.63) is 65.2 Å². The molecule has 5 nitrogen and oxygen atoms in total. The summed E-state index contributed by atoms with van der Waals surface area (Å²) >= 11 is 0. The van der Waals surface area contributed by atoms with Gasteiger partial charge in [0.1, 0.15) is 6.61 Å². The average molecular weight is 326 g/mol. The van der Waals surface area contributed by atoms with Gasteiger partial charge in [-0.2, -0.15) is 0 Å². The van der Waals surface area contributed by atoms with Gasteiger partial charge in [0.2, 0.25) is 0 Å². The van der Waals surface area contributed by atoms with Crippen molar-refractivity contribution in [3.63, 3.8) is 0 Å². The first-order valence-corrected chi connectivity index (χ1v) is 8.17. The second-order valence-electron chi connectivity index (χ2n) is 6.09. The molecular formula is C19H22N2O3. The third-order valence-electron chi connectivity index (χ3n) is 4.32. The number of nitrogens with one attached hydrogen (secondary N) is 1. The highest BCUT2D eigenvalue weighted by Gasteiger charge is 2.23. The number of benzene rings is 2. The number of carbonyl (C=O) groups excluding carboxylic acids is 1. The Morgan fingerprint density at radius 1 is 1.25 bits per heavy atom. The predicted octanol–water partition coefficient (Wildman–Crippen LogP) is 3.13. The van der Waals surface area contributed by atoms with Gasteiger partial charge in [0, 0.05) is 5.69 Å². The van der Waals surface area contributed by atoms with Crippen molar-refractivity contribution in [3.8, 4) is 0 Å². The summed E-state index contributed by atoms with van der Waals surface area (Å²) in [5.74, 6) is 0. The molecule has 0 radical (unpaired) electrons. The Kier molecular flexibility index (Phi) is 5.13. The minimum Gasteiger partial charge on any atom is -0.444 e. The predicted molar refractivity (Wildman–Crippen MR) is 92.6 cm³/mol. The zero-order valence-corrected chi connectivity index (χ0v) is 13.4. The molecule has 0 fully saturated rings. The first-order chi connectivity index (χ1) is 11.6. The largest absolute Gasteiger partial charge is 0.444 e. The van der Waals surface area contributed by atoms with E-state index in [1.165, 1.54) is 0 Å². The van der Waals surface area contributed by atoms with Crippen molar-refractivity contribution in [1.29, 1.82) is 0 Å². The average Bonchev–Trinajstić information content (AvgIpc) is 2.74. The summed E-state index contributed by atoms with van der Waals surface area (Å²) in [4.78, 5) is 12.0. The lowest BCUT2D eigenvalue weighted by atomic mass is 9.98. The van der Waals surface area contributed by atoms with Crippen molar-refractivity contribution in [2.75, 3.05) is 5.32 Å². The molecule has 24 heavy (non-hydrogen) atoms. The zero-order valence-electron chi connectivity index (χ0n) is 13.4. The van der Waals surface area contributed by atoms with Crippen molar-refractivity contribution >= 4 is 11.8 Å². The Balaban J connectivity index is 1.65. The maximum absolute atomic E-state index is 12.0. The number of aryl methyl sites for hydroxylation is 1. The number of hydrogen-bond acceptors (Lipinski definition) is 4. The number of fused-ring (bicyclic) bond motifs is 1. The van der Waals surface area contributed by atoms with Crippen LogP contribution in [-0.2, 0) is 17.8 Å². The van der Waals surface area contributed by atoms with Gasteiger partial charge in [-0.3, -0.25) is 5.32 Å². The summed E-state index contributed by atoms with van der Waals surface area (Å²) in [6.45, 7) is 0.218. The zero-order chi connectivity index (χ0) is 16.9. The minimum absolute atomic E-state index is 0.218. The number of nitrogens with two attached hydrogens (primary N) is 1. The van der Waals surface area contributed by atoms with Crippen molar-refractivity contribution in [2.24, 2.45) is 5.73 Å². The van der Waals surface area contributed by atoms with Crippen molar-refractivity contribution < 1.29 is 14.6 Å². The third-order valence-corrected chi connectivity index (χ3v) is 4.32. The molecule has 2 aromatic rings. The molecule has 126 valence electrons. The van der Waals surface area contributed by atoms with Crippen LogP contribution in [0, 0.1) is 0 Å². The molecule has 1 aliphatic carbocycles. The van der Waals surface area contributed by atoms with Crippen LogP contribution in [0.15, 0.2) is 48.5 Å². The summed E-state index contributed by atoms with van der Waals surface area (Å²) < 4.78 is 5.22. The molecule has 0 saturated carbocycles. The van der Waals surface area contributed by atoms with Gasteiger partial charge in [-0.05, 0) is 48.1 Å². The molecule has 2 atom stereocenters. The summed E-state index contributed by atoms with van der Waals surface area (Å²) in [7, 11) is 0. The van der Waals surface area contributed by atoms with Gasteiger partial charge in [-0.15, -0.1) is 0 Å². The van der Waals surface area contributed by atoms with Crippen LogP contribution in [0.1, 0.15) is 35.6 Å². The van der Waals surface area contributed by atoms with Gasteiger partial charge >= 0.3 is 6.09 Å². The molecule has 3 rings (SSSR count). The lowest BCUT2D eigenvalue weighted by molar-refractivity contribution is 0.136. The molecule has 1 amide bonds. The summed E-state index contributed by atoms with van der Waals surface area (Å²) in [6.07, 6.45) is 1.43. The van der Waals surface area contributed by atoms with Crippen molar-refractivity contribution in [1.82, 2.24) is 0 Å². The smallest absolute Gasteiger partial charge is 0.411 e. The number of aliphatic hydroxyl groups excluding tert-OH is 1. The molecule has 0 unspecified atom stereocenters. The van der Waals surface area contributed by atoms with Crippen LogP contribution in [0.3, 0.4) is 0 Å². The second kappa shape index (κ2) is 7.47. The molecule has 0 bridgehead atoms. The van der Waals surface area contributed by atoms with Crippen molar-refractivity contribution in [2.45, 2.75) is 38.0 Å². The van der Waals surface area contributed by atoms with Gasteiger partial charge in [-0.1, -0.05) is 36.4 Å². The normalized spacial score (nSPS) is 19.9. The topological polar surface area (TPSA) is 84.6 Å². The summed E-state index contributed by atoms with van der Waals surface area (Å²) in [6, 6.07) is 14.7. The van der Waals surface area contributed by atoms with Crippen LogP contribution in [-0.4, -0.2) is 17.3 Å². The Labute approximate surface area is 141 Å². The molecule has 0 heterocycles. The maximum atomic E-state index is 12.0. The number of anilines is 1. The van der Waals surface area contributed by atoms with Crippen LogP contribution < -0.4 is 11.1 Å².